The molecule has 0 spiro atoms. The minimum Gasteiger partial charge on any atom is -0.467 e. The monoisotopic (exact) mass is 249 g/mol. The van der Waals surface area contributed by atoms with Crippen molar-refractivity contribution < 1.29 is 14.3 Å². The number of carbonyl (C=O) groups excluding carboxylic acids is 2. The average molecular weight is 249 g/mol. The highest BCUT2D eigenvalue weighted by Gasteiger charge is 2.23. The number of hydrogen-bond acceptors (Lipinski definition) is 3. The van der Waals surface area contributed by atoms with Gasteiger partial charge in [0.25, 0.3) is 0 Å². The maximum absolute atomic E-state index is 11.7. The van der Waals surface area contributed by atoms with Crippen molar-refractivity contribution >= 4 is 11.9 Å². The molecular weight excluding hydrogens is 230 g/mol. The van der Waals surface area contributed by atoms with E-state index in [1.54, 1.807) is 12.1 Å². The van der Waals surface area contributed by atoms with Crippen LogP contribution in [0, 0.1) is 5.92 Å². The highest BCUT2D eigenvalue weighted by molar-refractivity contribution is 5.85. The lowest BCUT2D eigenvalue weighted by Crippen LogP contribution is -2.35. The molecule has 1 N–H and O–H groups in total. The zero-order chi connectivity index (χ0) is 13.5. The Morgan fingerprint density at radius 2 is 1.83 bits per heavy atom. The number of rotatable bonds is 5. The predicted molar refractivity (Wildman–Crippen MR) is 68.8 cm³/mol. The molecule has 0 radical (unpaired) electrons. The zero-order valence-electron chi connectivity index (χ0n) is 11.0. The second-order valence-corrected chi connectivity index (χ2v) is 4.53. The van der Waals surface area contributed by atoms with Crippen LogP contribution in [0.5, 0.6) is 0 Å². The van der Waals surface area contributed by atoms with Crippen LogP contribution in [0.4, 0.5) is 0 Å². The van der Waals surface area contributed by atoms with E-state index in [1.807, 2.05) is 32.0 Å². The maximum atomic E-state index is 11.7. The third-order valence-electron chi connectivity index (χ3n) is 2.47. The summed E-state index contributed by atoms with van der Waals surface area (Å²) in [4.78, 5) is 23.4. The van der Waals surface area contributed by atoms with E-state index in [2.05, 4.69) is 5.32 Å². The van der Waals surface area contributed by atoms with Crippen molar-refractivity contribution in [1.29, 1.82) is 0 Å². The molecule has 0 saturated heterocycles. The van der Waals surface area contributed by atoms with Crippen LogP contribution in [0.2, 0.25) is 0 Å². The second kappa shape index (κ2) is 6.79. The van der Waals surface area contributed by atoms with Gasteiger partial charge in [-0.15, -0.1) is 0 Å². The SMILES string of the molecule is COC(=O)C(NC(=O)CC(C)C)c1ccccc1. The molecule has 4 nitrogen and oxygen atoms in total. The summed E-state index contributed by atoms with van der Waals surface area (Å²) < 4.78 is 4.72. The fourth-order valence-electron chi connectivity index (χ4n) is 1.63. The van der Waals surface area contributed by atoms with Gasteiger partial charge in [0, 0.05) is 6.42 Å². The van der Waals surface area contributed by atoms with E-state index in [0.29, 0.717) is 6.42 Å². The Morgan fingerprint density at radius 3 is 2.33 bits per heavy atom. The van der Waals surface area contributed by atoms with Crippen LogP contribution in [-0.2, 0) is 14.3 Å². The summed E-state index contributed by atoms with van der Waals surface area (Å²) in [6.45, 7) is 3.91. The number of methoxy groups -OCH3 is 1. The molecule has 1 atom stereocenters. The van der Waals surface area contributed by atoms with Gasteiger partial charge in [0.15, 0.2) is 6.04 Å². The number of hydrogen-bond donors (Lipinski definition) is 1. The summed E-state index contributed by atoms with van der Waals surface area (Å²) in [5, 5.41) is 2.70. The molecule has 1 rings (SSSR count). The smallest absolute Gasteiger partial charge is 0.333 e. The van der Waals surface area contributed by atoms with E-state index >= 15 is 0 Å². The molecule has 0 heterocycles. The third-order valence-corrected chi connectivity index (χ3v) is 2.47. The van der Waals surface area contributed by atoms with Crippen molar-refractivity contribution in [1.82, 2.24) is 5.32 Å². The molecule has 0 aliphatic heterocycles. The van der Waals surface area contributed by atoms with E-state index in [0.717, 1.165) is 5.56 Å². The number of amides is 1. The first-order valence-corrected chi connectivity index (χ1v) is 5.96. The lowest BCUT2D eigenvalue weighted by atomic mass is 10.1. The summed E-state index contributed by atoms with van der Waals surface area (Å²) in [6, 6.07) is 8.34. The summed E-state index contributed by atoms with van der Waals surface area (Å²) in [7, 11) is 1.31. The lowest BCUT2D eigenvalue weighted by molar-refractivity contribution is -0.145. The number of nitrogens with one attached hydrogen (secondary N) is 1. The topological polar surface area (TPSA) is 55.4 Å². The number of ether oxygens (including phenoxy) is 1. The molecule has 0 bridgehead atoms. The van der Waals surface area contributed by atoms with E-state index < -0.39 is 12.0 Å². The van der Waals surface area contributed by atoms with Gasteiger partial charge in [0.2, 0.25) is 5.91 Å². The van der Waals surface area contributed by atoms with Crippen LogP contribution in [0.3, 0.4) is 0 Å². The van der Waals surface area contributed by atoms with Crippen molar-refractivity contribution in [3.05, 3.63) is 35.9 Å². The summed E-state index contributed by atoms with van der Waals surface area (Å²) >= 11 is 0. The minimum absolute atomic E-state index is 0.149. The van der Waals surface area contributed by atoms with E-state index in [4.69, 9.17) is 4.74 Å². The van der Waals surface area contributed by atoms with Crippen LogP contribution < -0.4 is 5.32 Å². The Bertz CT molecular complexity index is 401. The van der Waals surface area contributed by atoms with E-state index in [1.165, 1.54) is 7.11 Å². The molecule has 0 aliphatic rings. The highest BCUT2D eigenvalue weighted by atomic mass is 16.5. The minimum atomic E-state index is -0.734. The molecule has 0 aliphatic carbocycles. The molecule has 0 aromatic heterocycles. The van der Waals surface area contributed by atoms with Gasteiger partial charge in [-0.1, -0.05) is 44.2 Å². The molecule has 18 heavy (non-hydrogen) atoms. The number of esters is 1. The first kappa shape index (κ1) is 14.2. The second-order valence-electron chi connectivity index (χ2n) is 4.53. The fourth-order valence-corrected chi connectivity index (χ4v) is 1.63. The van der Waals surface area contributed by atoms with Crippen molar-refractivity contribution in [3.63, 3.8) is 0 Å². The predicted octanol–water partition coefficient (Wildman–Crippen LogP) is 2.06. The summed E-state index contributed by atoms with van der Waals surface area (Å²) in [5.41, 5.74) is 0.724. The molecule has 98 valence electrons. The van der Waals surface area contributed by atoms with E-state index in [-0.39, 0.29) is 11.8 Å². The number of benzene rings is 1. The van der Waals surface area contributed by atoms with Crippen molar-refractivity contribution in [2.24, 2.45) is 5.92 Å². The third kappa shape index (κ3) is 4.20. The molecule has 0 fully saturated rings. The average Bonchev–Trinajstić information content (AvgIpc) is 2.35. The van der Waals surface area contributed by atoms with Gasteiger partial charge < -0.3 is 10.1 Å². The Kier molecular flexibility index (Phi) is 5.36. The number of carbonyl (C=O) groups is 2. The van der Waals surface area contributed by atoms with Crippen LogP contribution in [0.15, 0.2) is 30.3 Å². The lowest BCUT2D eigenvalue weighted by Gasteiger charge is -2.17. The standard InChI is InChI=1S/C14H19NO3/c1-10(2)9-12(16)15-13(14(17)18-3)11-7-5-4-6-8-11/h4-8,10,13H,9H2,1-3H3,(H,15,16). The van der Waals surface area contributed by atoms with Gasteiger partial charge in [0.05, 0.1) is 7.11 Å². The molecule has 0 saturated carbocycles. The molecule has 1 unspecified atom stereocenters. The van der Waals surface area contributed by atoms with Gasteiger partial charge in [-0.2, -0.15) is 0 Å². The normalized spacial score (nSPS) is 12.0. The summed E-state index contributed by atoms with van der Waals surface area (Å²) in [5.74, 6) is -0.360. The summed E-state index contributed by atoms with van der Waals surface area (Å²) in [6.07, 6.45) is 0.389. The largest absolute Gasteiger partial charge is 0.467 e. The van der Waals surface area contributed by atoms with Crippen molar-refractivity contribution in [2.75, 3.05) is 7.11 Å². The van der Waals surface area contributed by atoms with Crippen LogP contribution in [0.1, 0.15) is 31.9 Å². The zero-order valence-corrected chi connectivity index (χ0v) is 11.0. The van der Waals surface area contributed by atoms with Gasteiger partial charge in [-0.05, 0) is 11.5 Å². The quantitative estimate of drug-likeness (QED) is 0.813. The Balaban J connectivity index is 2.80. The van der Waals surface area contributed by atoms with Crippen molar-refractivity contribution in [3.8, 4) is 0 Å². The molecule has 1 aromatic carbocycles. The molecular formula is C14H19NO3. The van der Waals surface area contributed by atoms with Crippen molar-refractivity contribution in [2.45, 2.75) is 26.3 Å². The highest BCUT2D eigenvalue weighted by Crippen LogP contribution is 2.14. The van der Waals surface area contributed by atoms with Gasteiger partial charge in [-0.3, -0.25) is 4.79 Å². The van der Waals surface area contributed by atoms with Gasteiger partial charge in [0.1, 0.15) is 0 Å². The van der Waals surface area contributed by atoms with Gasteiger partial charge in [-0.25, -0.2) is 4.79 Å². The van der Waals surface area contributed by atoms with Crippen LogP contribution >= 0.6 is 0 Å². The van der Waals surface area contributed by atoms with Crippen LogP contribution in [-0.4, -0.2) is 19.0 Å². The van der Waals surface area contributed by atoms with E-state index in [9.17, 15) is 9.59 Å². The fraction of sp³-hybridized carbons (Fsp3) is 0.429. The Labute approximate surface area is 107 Å². The Morgan fingerprint density at radius 1 is 1.22 bits per heavy atom. The molecule has 1 aromatic rings. The first-order chi connectivity index (χ1) is 8.54. The first-order valence-electron chi connectivity index (χ1n) is 5.96. The van der Waals surface area contributed by atoms with Gasteiger partial charge >= 0.3 is 5.97 Å². The maximum Gasteiger partial charge on any atom is 0.333 e. The van der Waals surface area contributed by atoms with Crippen LogP contribution in [0.25, 0.3) is 0 Å². The Hall–Kier alpha value is -1.84. The molecule has 4 heteroatoms. The molecule has 1 amide bonds.